The summed E-state index contributed by atoms with van der Waals surface area (Å²) in [5, 5.41) is 12.5. The first-order valence-electron chi connectivity index (χ1n) is 6.92. The van der Waals surface area contributed by atoms with Crippen LogP contribution in [0.1, 0.15) is 23.2 Å². The number of rotatable bonds is 5. The third-order valence-electron chi connectivity index (χ3n) is 3.61. The number of nitrogens with zero attached hydrogens (tertiary/aromatic N) is 2. The number of aliphatic hydroxyl groups is 1. The lowest BCUT2D eigenvalue weighted by Gasteiger charge is -2.25. The zero-order valence-electron chi connectivity index (χ0n) is 11.7. The number of amides is 1. The van der Waals surface area contributed by atoms with Gasteiger partial charge in [0.1, 0.15) is 0 Å². The van der Waals surface area contributed by atoms with Crippen LogP contribution in [0, 0.1) is 0 Å². The van der Waals surface area contributed by atoms with Gasteiger partial charge in [-0.15, -0.1) is 0 Å². The fourth-order valence-corrected chi connectivity index (χ4v) is 2.44. The van der Waals surface area contributed by atoms with E-state index in [4.69, 9.17) is 5.11 Å². The molecule has 1 unspecified atom stereocenters. The third-order valence-corrected chi connectivity index (χ3v) is 3.61. The minimum Gasteiger partial charge on any atom is -0.395 e. The molecule has 2 rings (SSSR count). The predicted molar refractivity (Wildman–Crippen MR) is 75.7 cm³/mol. The summed E-state index contributed by atoms with van der Waals surface area (Å²) in [5.74, 6) is -0.203. The Hall–Kier alpha value is -1.66. The molecule has 2 N–H and O–H groups in total. The van der Waals surface area contributed by atoms with Crippen LogP contribution in [0.5, 0.6) is 0 Å². The van der Waals surface area contributed by atoms with Crippen LogP contribution in [0.25, 0.3) is 0 Å². The summed E-state index contributed by atoms with van der Waals surface area (Å²) in [4.78, 5) is 25.6. The standard InChI is InChI=1S/C14H21N3O3/c1-16-6-4-11(9-13(16)19)14(20)17(7-8-18)10-12-3-2-5-15-12/h4,6,9,12,15,18H,2-3,5,7-8,10H2,1H3. The van der Waals surface area contributed by atoms with E-state index in [9.17, 15) is 9.59 Å². The fraction of sp³-hybridized carbons (Fsp3) is 0.571. The van der Waals surface area contributed by atoms with Gasteiger partial charge in [0.05, 0.1) is 6.61 Å². The first-order valence-corrected chi connectivity index (χ1v) is 6.92. The molecular weight excluding hydrogens is 258 g/mol. The maximum atomic E-state index is 12.4. The fourth-order valence-electron chi connectivity index (χ4n) is 2.44. The summed E-state index contributed by atoms with van der Waals surface area (Å²) in [7, 11) is 1.64. The van der Waals surface area contributed by atoms with Gasteiger partial charge < -0.3 is 19.9 Å². The van der Waals surface area contributed by atoms with Crippen molar-refractivity contribution in [1.29, 1.82) is 0 Å². The molecule has 1 aliphatic rings. The van der Waals surface area contributed by atoms with E-state index in [0.717, 1.165) is 19.4 Å². The predicted octanol–water partition coefficient (Wildman–Crippen LogP) is -0.428. The molecule has 110 valence electrons. The lowest BCUT2D eigenvalue weighted by molar-refractivity contribution is 0.0706. The van der Waals surface area contributed by atoms with Crippen LogP contribution >= 0.6 is 0 Å². The molecule has 6 nitrogen and oxygen atoms in total. The van der Waals surface area contributed by atoms with Crippen LogP contribution < -0.4 is 10.9 Å². The molecule has 0 bridgehead atoms. The minimum atomic E-state index is -0.209. The van der Waals surface area contributed by atoms with E-state index in [-0.39, 0.29) is 30.7 Å². The highest BCUT2D eigenvalue weighted by Gasteiger charge is 2.22. The second-order valence-corrected chi connectivity index (χ2v) is 5.13. The molecule has 0 spiro atoms. The van der Waals surface area contributed by atoms with Crippen LogP contribution in [0.2, 0.25) is 0 Å². The molecule has 1 atom stereocenters. The van der Waals surface area contributed by atoms with Crippen molar-refractivity contribution in [2.45, 2.75) is 18.9 Å². The van der Waals surface area contributed by atoms with Gasteiger partial charge >= 0.3 is 0 Å². The second-order valence-electron chi connectivity index (χ2n) is 5.13. The summed E-state index contributed by atoms with van der Waals surface area (Å²) >= 11 is 0. The number of aromatic nitrogens is 1. The molecule has 1 amide bonds. The topological polar surface area (TPSA) is 74.6 Å². The molecule has 2 heterocycles. The van der Waals surface area contributed by atoms with Crippen molar-refractivity contribution >= 4 is 5.91 Å². The van der Waals surface area contributed by atoms with Gasteiger partial charge in [0.25, 0.3) is 11.5 Å². The van der Waals surface area contributed by atoms with Gasteiger partial charge in [0.15, 0.2) is 0 Å². The van der Waals surface area contributed by atoms with Gasteiger partial charge in [0.2, 0.25) is 0 Å². The van der Waals surface area contributed by atoms with E-state index in [1.165, 1.54) is 10.6 Å². The van der Waals surface area contributed by atoms with E-state index in [2.05, 4.69) is 5.32 Å². The van der Waals surface area contributed by atoms with Crippen molar-refractivity contribution < 1.29 is 9.90 Å². The highest BCUT2D eigenvalue weighted by molar-refractivity contribution is 5.94. The van der Waals surface area contributed by atoms with Crippen LogP contribution in [-0.2, 0) is 7.05 Å². The van der Waals surface area contributed by atoms with Crippen LogP contribution in [-0.4, -0.2) is 52.8 Å². The molecule has 1 aliphatic heterocycles. The normalized spacial score (nSPS) is 18.2. The molecule has 20 heavy (non-hydrogen) atoms. The first kappa shape index (κ1) is 14.7. The molecule has 1 saturated heterocycles. The van der Waals surface area contributed by atoms with Crippen molar-refractivity contribution in [3.63, 3.8) is 0 Å². The Bertz CT molecular complexity index is 521. The second kappa shape index (κ2) is 6.67. The Morgan fingerprint density at radius 1 is 1.60 bits per heavy atom. The molecule has 0 saturated carbocycles. The Kier molecular flexibility index (Phi) is 4.92. The molecule has 0 aromatic carbocycles. The Balaban J connectivity index is 2.12. The highest BCUT2D eigenvalue weighted by Crippen LogP contribution is 2.09. The van der Waals surface area contributed by atoms with Crippen molar-refractivity contribution in [2.24, 2.45) is 7.05 Å². The van der Waals surface area contributed by atoms with Crippen LogP contribution in [0.4, 0.5) is 0 Å². The number of hydrogen-bond acceptors (Lipinski definition) is 4. The van der Waals surface area contributed by atoms with E-state index in [1.807, 2.05) is 0 Å². The van der Waals surface area contributed by atoms with E-state index >= 15 is 0 Å². The Morgan fingerprint density at radius 3 is 3.00 bits per heavy atom. The lowest BCUT2D eigenvalue weighted by Crippen LogP contribution is -2.42. The summed E-state index contributed by atoms with van der Waals surface area (Å²) in [6, 6.07) is 3.25. The quantitative estimate of drug-likeness (QED) is 0.767. The maximum absolute atomic E-state index is 12.4. The third kappa shape index (κ3) is 3.46. The first-order chi connectivity index (χ1) is 9.61. The average Bonchev–Trinajstić information content (AvgIpc) is 2.93. The number of nitrogens with one attached hydrogen (secondary N) is 1. The summed E-state index contributed by atoms with van der Waals surface area (Å²) in [5.41, 5.74) is 0.165. The van der Waals surface area contributed by atoms with Crippen molar-refractivity contribution in [2.75, 3.05) is 26.2 Å². The van der Waals surface area contributed by atoms with Crippen molar-refractivity contribution in [3.8, 4) is 0 Å². The monoisotopic (exact) mass is 279 g/mol. The molecule has 0 radical (unpaired) electrons. The SMILES string of the molecule is Cn1ccc(C(=O)N(CCO)CC2CCCN2)cc1=O. The summed E-state index contributed by atoms with van der Waals surface area (Å²) in [6.45, 7) is 1.74. The van der Waals surface area contributed by atoms with Crippen molar-refractivity contribution in [3.05, 3.63) is 34.2 Å². The van der Waals surface area contributed by atoms with Gasteiger partial charge in [-0.3, -0.25) is 9.59 Å². The molecular formula is C14H21N3O3. The minimum absolute atomic E-state index is 0.0801. The maximum Gasteiger partial charge on any atom is 0.254 e. The molecule has 6 heteroatoms. The van der Waals surface area contributed by atoms with Gasteiger partial charge in [0, 0.05) is 44.0 Å². The molecule has 1 fully saturated rings. The molecule has 0 aliphatic carbocycles. The Labute approximate surface area is 118 Å². The van der Waals surface area contributed by atoms with E-state index in [1.54, 1.807) is 24.2 Å². The van der Waals surface area contributed by atoms with Gasteiger partial charge in [-0.2, -0.15) is 0 Å². The lowest BCUT2D eigenvalue weighted by atomic mass is 10.2. The van der Waals surface area contributed by atoms with Crippen LogP contribution in [0.3, 0.4) is 0 Å². The number of pyridine rings is 1. The zero-order chi connectivity index (χ0) is 14.5. The average molecular weight is 279 g/mol. The van der Waals surface area contributed by atoms with Crippen molar-refractivity contribution in [1.82, 2.24) is 14.8 Å². The number of carbonyl (C=O) groups excluding carboxylic acids is 1. The van der Waals surface area contributed by atoms with Gasteiger partial charge in [-0.05, 0) is 25.5 Å². The molecule has 1 aromatic heterocycles. The van der Waals surface area contributed by atoms with E-state index in [0.29, 0.717) is 12.1 Å². The van der Waals surface area contributed by atoms with E-state index < -0.39 is 0 Å². The van der Waals surface area contributed by atoms with Gasteiger partial charge in [-0.1, -0.05) is 0 Å². The summed E-state index contributed by atoms with van der Waals surface area (Å²) in [6.07, 6.45) is 3.73. The number of carbonyl (C=O) groups is 1. The highest BCUT2D eigenvalue weighted by atomic mass is 16.3. The number of hydrogen-bond donors (Lipinski definition) is 2. The molecule has 1 aromatic rings. The number of aryl methyl sites for hydroxylation is 1. The van der Waals surface area contributed by atoms with Gasteiger partial charge in [-0.25, -0.2) is 0 Å². The largest absolute Gasteiger partial charge is 0.395 e. The summed E-state index contributed by atoms with van der Waals surface area (Å²) < 4.78 is 1.42. The number of aliphatic hydroxyl groups excluding tert-OH is 1. The van der Waals surface area contributed by atoms with Crippen LogP contribution in [0.15, 0.2) is 23.1 Å². The Morgan fingerprint density at radius 2 is 2.40 bits per heavy atom. The smallest absolute Gasteiger partial charge is 0.254 e. The zero-order valence-corrected chi connectivity index (χ0v) is 11.7.